The SMILES string of the molecule is CC1CCC(C(=O)O)C(Sc2ccc(Cl)cn2)C1. The lowest BCUT2D eigenvalue weighted by Gasteiger charge is -2.31. The molecule has 1 aliphatic carbocycles. The molecule has 3 atom stereocenters. The number of hydrogen-bond donors (Lipinski definition) is 1. The van der Waals surface area contributed by atoms with Crippen LogP contribution in [-0.4, -0.2) is 21.3 Å². The zero-order valence-corrected chi connectivity index (χ0v) is 11.7. The molecule has 0 saturated heterocycles. The van der Waals surface area contributed by atoms with Crippen LogP contribution in [0, 0.1) is 11.8 Å². The van der Waals surface area contributed by atoms with Gasteiger partial charge in [-0.2, -0.15) is 0 Å². The lowest BCUT2D eigenvalue weighted by Crippen LogP contribution is -2.32. The number of aliphatic carboxylic acids is 1. The molecule has 1 fully saturated rings. The molecule has 1 N–H and O–H groups in total. The van der Waals surface area contributed by atoms with E-state index in [-0.39, 0.29) is 11.2 Å². The molecule has 0 radical (unpaired) electrons. The monoisotopic (exact) mass is 285 g/mol. The highest BCUT2D eigenvalue weighted by atomic mass is 35.5. The Kier molecular flexibility index (Phi) is 4.51. The van der Waals surface area contributed by atoms with E-state index in [2.05, 4.69) is 11.9 Å². The average molecular weight is 286 g/mol. The molecule has 3 nitrogen and oxygen atoms in total. The van der Waals surface area contributed by atoms with Crippen molar-refractivity contribution in [3.63, 3.8) is 0 Å². The first-order chi connectivity index (χ1) is 8.56. The van der Waals surface area contributed by atoms with Crippen LogP contribution in [-0.2, 0) is 4.79 Å². The summed E-state index contributed by atoms with van der Waals surface area (Å²) in [5.41, 5.74) is 0. The van der Waals surface area contributed by atoms with Crippen molar-refractivity contribution < 1.29 is 9.90 Å². The van der Waals surface area contributed by atoms with Crippen molar-refractivity contribution in [1.82, 2.24) is 4.98 Å². The number of carboxylic acids is 1. The molecule has 0 spiro atoms. The minimum absolute atomic E-state index is 0.111. The Hall–Kier alpha value is -0.740. The Labute approximate surface area is 116 Å². The number of rotatable bonds is 3. The molecule has 1 aromatic rings. The fourth-order valence-electron chi connectivity index (χ4n) is 2.33. The second-order valence-corrected chi connectivity index (χ2v) is 6.53. The number of halogens is 1. The van der Waals surface area contributed by atoms with E-state index >= 15 is 0 Å². The molecule has 0 bridgehead atoms. The first-order valence-electron chi connectivity index (χ1n) is 6.07. The van der Waals surface area contributed by atoms with E-state index in [1.54, 1.807) is 24.0 Å². The maximum Gasteiger partial charge on any atom is 0.307 e. The number of thioether (sulfide) groups is 1. The first kappa shape index (κ1) is 13.7. The van der Waals surface area contributed by atoms with E-state index in [9.17, 15) is 9.90 Å². The quantitative estimate of drug-likeness (QED) is 0.920. The van der Waals surface area contributed by atoms with Crippen LogP contribution in [0.25, 0.3) is 0 Å². The van der Waals surface area contributed by atoms with Crippen molar-refractivity contribution in [3.8, 4) is 0 Å². The van der Waals surface area contributed by atoms with E-state index < -0.39 is 5.97 Å². The topological polar surface area (TPSA) is 50.2 Å². The van der Waals surface area contributed by atoms with Crippen LogP contribution in [0.15, 0.2) is 23.4 Å². The van der Waals surface area contributed by atoms with Gasteiger partial charge in [0.25, 0.3) is 0 Å². The maximum atomic E-state index is 11.3. The van der Waals surface area contributed by atoms with Gasteiger partial charge in [-0.15, -0.1) is 11.8 Å². The van der Waals surface area contributed by atoms with Crippen LogP contribution in [0.2, 0.25) is 5.02 Å². The Morgan fingerprint density at radius 1 is 1.50 bits per heavy atom. The van der Waals surface area contributed by atoms with Gasteiger partial charge in [0.1, 0.15) is 0 Å². The third-order valence-corrected chi connectivity index (χ3v) is 4.87. The predicted octanol–water partition coefficient (Wildman–Crippen LogP) is 3.72. The molecule has 2 rings (SSSR count). The molecule has 18 heavy (non-hydrogen) atoms. The molecule has 5 heteroatoms. The molecule has 0 amide bonds. The van der Waals surface area contributed by atoms with Gasteiger partial charge in [0.05, 0.1) is 16.0 Å². The number of carboxylic acid groups (broad SMARTS) is 1. The van der Waals surface area contributed by atoms with E-state index in [1.807, 2.05) is 6.07 Å². The van der Waals surface area contributed by atoms with Crippen molar-refractivity contribution in [2.24, 2.45) is 11.8 Å². The highest BCUT2D eigenvalue weighted by Gasteiger charge is 2.34. The molecule has 1 saturated carbocycles. The summed E-state index contributed by atoms with van der Waals surface area (Å²) < 4.78 is 0. The van der Waals surface area contributed by atoms with E-state index in [1.165, 1.54) is 0 Å². The summed E-state index contributed by atoms with van der Waals surface area (Å²) in [6.45, 7) is 2.18. The van der Waals surface area contributed by atoms with Gasteiger partial charge in [-0.25, -0.2) is 4.98 Å². The fraction of sp³-hybridized carbons (Fsp3) is 0.538. The molecular formula is C13H16ClNO2S. The molecule has 0 aromatic carbocycles. The van der Waals surface area contributed by atoms with Crippen LogP contribution in [0.4, 0.5) is 0 Å². The Balaban J connectivity index is 2.08. The summed E-state index contributed by atoms with van der Waals surface area (Å²) >= 11 is 7.35. The van der Waals surface area contributed by atoms with Gasteiger partial charge in [-0.1, -0.05) is 18.5 Å². The van der Waals surface area contributed by atoms with Gasteiger partial charge in [0, 0.05) is 11.4 Å². The van der Waals surface area contributed by atoms with Gasteiger partial charge in [0.15, 0.2) is 0 Å². The largest absolute Gasteiger partial charge is 0.481 e. The van der Waals surface area contributed by atoms with Crippen LogP contribution in [0.5, 0.6) is 0 Å². The summed E-state index contributed by atoms with van der Waals surface area (Å²) in [5, 5.41) is 10.8. The van der Waals surface area contributed by atoms with Crippen LogP contribution >= 0.6 is 23.4 Å². The average Bonchev–Trinajstić information content (AvgIpc) is 2.32. The van der Waals surface area contributed by atoms with Gasteiger partial charge >= 0.3 is 5.97 Å². The van der Waals surface area contributed by atoms with Gasteiger partial charge in [-0.3, -0.25) is 4.79 Å². The molecule has 1 heterocycles. The highest BCUT2D eigenvalue weighted by Crippen LogP contribution is 2.39. The smallest absolute Gasteiger partial charge is 0.307 e. The number of hydrogen-bond acceptors (Lipinski definition) is 3. The summed E-state index contributed by atoms with van der Waals surface area (Å²) in [6, 6.07) is 3.64. The number of aromatic nitrogens is 1. The van der Waals surface area contributed by atoms with Crippen molar-refractivity contribution in [3.05, 3.63) is 23.4 Å². The highest BCUT2D eigenvalue weighted by molar-refractivity contribution is 7.99. The van der Waals surface area contributed by atoms with Crippen LogP contribution < -0.4 is 0 Å². The van der Waals surface area contributed by atoms with Crippen molar-refractivity contribution in [2.75, 3.05) is 0 Å². The summed E-state index contributed by atoms with van der Waals surface area (Å²) in [6.07, 6.45) is 4.31. The summed E-state index contributed by atoms with van der Waals surface area (Å²) in [7, 11) is 0. The molecule has 1 aliphatic rings. The standard InChI is InChI=1S/C13H16ClNO2S/c1-8-2-4-10(13(16)17)11(6-8)18-12-5-3-9(14)7-15-12/h3,5,7-8,10-11H,2,4,6H2,1H3,(H,16,17). The molecule has 0 aliphatic heterocycles. The summed E-state index contributed by atoms with van der Waals surface area (Å²) in [5.74, 6) is -0.359. The minimum atomic E-state index is -0.687. The first-order valence-corrected chi connectivity index (χ1v) is 7.33. The second kappa shape index (κ2) is 5.93. The lowest BCUT2D eigenvalue weighted by atomic mass is 9.82. The Bertz CT molecular complexity index is 424. The summed E-state index contributed by atoms with van der Waals surface area (Å²) in [4.78, 5) is 15.5. The van der Waals surface area contributed by atoms with E-state index in [4.69, 9.17) is 11.6 Å². The molecule has 3 unspecified atom stereocenters. The Morgan fingerprint density at radius 2 is 2.28 bits per heavy atom. The normalized spacial score (nSPS) is 28.0. The predicted molar refractivity (Wildman–Crippen MR) is 73.0 cm³/mol. The Morgan fingerprint density at radius 3 is 2.89 bits per heavy atom. The van der Waals surface area contributed by atoms with Crippen LogP contribution in [0.1, 0.15) is 26.2 Å². The molecule has 98 valence electrons. The third kappa shape index (κ3) is 3.39. The molecular weight excluding hydrogens is 270 g/mol. The van der Waals surface area contributed by atoms with Crippen LogP contribution in [0.3, 0.4) is 0 Å². The minimum Gasteiger partial charge on any atom is -0.481 e. The number of pyridine rings is 1. The number of nitrogens with zero attached hydrogens (tertiary/aromatic N) is 1. The van der Waals surface area contributed by atoms with E-state index in [0.29, 0.717) is 10.9 Å². The van der Waals surface area contributed by atoms with Crippen molar-refractivity contribution in [1.29, 1.82) is 0 Å². The number of carbonyl (C=O) groups is 1. The lowest BCUT2D eigenvalue weighted by molar-refractivity contribution is -0.142. The zero-order valence-electron chi connectivity index (χ0n) is 10.2. The molecule has 1 aromatic heterocycles. The zero-order chi connectivity index (χ0) is 13.1. The van der Waals surface area contributed by atoms with Gasteiger partial charge < -0.3 is 5.11 Å². The third-order valence-electron chi connectivity index (χ3n) is 3.34. The van der Waals surface area contributed by atoms with Gasteiger partial charge in [-0.05, 0) is 37.3 Å². The van der Waals surface area contributed by atoms with E-state index in [0.717, 1.165) is 24.3 Å². The van der Waals surface area contributed by atoms with Crippen molar-refractivity contribution >= 4 is 29.3 Å². The van der Waals surface area contributed by atoms with Crippen molar-refractivity contribution in [2.45, 2.75) is 36.5 Å². The maximum absolute atomic E-state index is 11.3. The second-order valence-electron chi connectivity index (χ2n) is 4.83. The van der Waals surface area contributed by atoms with Gasteiger partial charge in [0.2, 0.25) is 0 Å². The fourth-order valence-corrected chi connectivity index (χ4v) is 3.85.